The SMILES string of the molecule is C[S+](C)c1ccc([N+](=O)[O-])c2ccc(O)cc12. The lowest BCUT2D eigenvalue weighted by molar-refractivity contribution is -0.383. The van der Waals surface area contributed by atoms with Gasteiger partial charge < -0.3 is 5.11 Å². The normalized spacial score (nSPS) is 11.0. The molecule has 4 nitrogen and oxygen atoms in total. The van der Waals surface area contributed by atoms with Gasteiger partial charge >= 0.3 is 0 Å². The highest BCUT2D eigenvalue weighted by Gasteiger charge is 2.20. The van der Waals surface area contributed by atoms with Crippen LogP contribution >= 0.6 is 0 Å². The fourth-order valence-corrected chi connectivity index (χ4v) is 2.76. The van der Waals surface area contributed by atoms with Gasteiger partial charge in [-0.25, -0.2) is 0 Å². The summed E-state index contributed by atoms with van der Waals surface area (Å²) in [7, 11) is -0.0170. The van der Waals surface area contributed by atoms with E-state index in [4.69, 9.17) is 0 Å². The van der Waals surface area contributed by atoms with E-state index in [0.717, 1.165) is 10.3 Å². The van der Waals surface area contributed by atoms with Gasteiger partial charge in [-0.2, -0.15) is 0 Å². The number of nitrogens with zero attached hydrogens (tertiary/aromatic N) is 1. The summed E-state index contributed by atoms with van der Waals surface area (Å²) in [6, 6.07) is 7.96. The molecule has 0 heterocycles. The van der Waals surface area contributed by atoms with Gasteiger partial charge in [-0.3, -0.25) is 10.1 Å². The minimum Gasteiger partial charge on any atom is -0.508 e. The number of hydrogen-bond acceptors (Lipinski definition) is 3. The van der Waals surface area contributed by atoms with Gasteiger partial charge in [-0.1, -0.05) is 0 Å². The molecule has 0 spiro atoms. The second-order valence-electron chi connectivity index (χ2n) is 3.89. The maximum absolute atomic E-state index is 10.9. The van der Waals surface area contributed by atoms with Gasteiger partial charge in [0.1, 0.15) is 18.3 Å². The second kappa shape index (κ2) is 4.25. The quantitative estimate of drug-likeness (QED) is 0.506. The Bertz CT molecular complexity index is 596. The molecule has 2 rings (SSSR count). The molecule has 0 aliphatic heterocycles. The maximum Gasteiger partial charge on any atom is 0.277 e. The summed E-state index contributed by atoms with van der Waals surface area (Å²) in [4.78, 5) is 11.6. The van der Waals surface area contributed by atoms with Gasteiger partial charge in [0.2, 0.25) is 0 Å². The second-order valence-corrected chi connectivity index (χ2v) is 5.96. The van der Waals surface area contributed by atoms with E-state index in [9.17, 15) is 15.2 Å². The molecule has 0 atom stereocenters. The molecular weight excluding hydrogens is 238 g/mol. The van der Waals surface area contributed by atoms with E-state index >= 15 is 0 Å². The van der Waals surface area contributed by atoms with Gasteiger partial charge in [-0.15, -0.1) is 0 Å². The molecule has 2 aromatic carbocycles. The molecule has 0 unspecified atom stereocenters. The molecule has 0 amide bonds. The first-order valence-corrected chi connectivity index (χ1v) is 7.02. The van der Waals surface area contributed by atoms with Crippen molar-refractivity contribution >= 4 is 27.4 Å². The van der Waals surface area contributed by atoms with Gasteiger partial charge in [0.25, 0.3) is 5.69 Å². The molecule has 88 valence electrons. The number of benzene rings is 2. The lowest BCUT2D eigenvalue weighted by Crippen LogP contribution is -1.98. The topological polar surface area (TPSA) is 63.4 Å². The third kappa shape index (κ3) is 2.06. The Morgan fingerprint density at radius 3 is 2.47 bits per heavy atom. The van der Waals surface area contributed by atoms with Crippen molar-refractivity contribution in [3.8, 4) is 5.75 Å². The fraction of sp³-hybridized carbons (Fsp3) is 0.167. The molecule has 0 radical (unpaired) electrons. The number of phenols is 1. The van der Waals surface area contributed by atoms with E-state index in [1.165, 1.54) is 12.1 Å². The van der Waals surface area contributed by atoms with Crippen LogP contribution in [0, 0.1) is 10.1 Å². The van der Waals surface area contributed by atoms with Crippen molar-refractivity contribution in [2.24, 2.45) is 0 Å². The van der Waals surface area contributed by atoms with Crippen molar-refractivity contribution in [1.29, 1.82) is 0 Å². The van der Waals surface area contributed by atoms with E-state index in [1.54, 1.807) is 18.2 Å². The first-order valence-electron chi connectivity index (χ1n) is 4.98. The standard InChI is InChI=1S/C12H11NO3S/c1-17(2)12-6-5-11(13(15)16)9-4-3-8(14)7-10(9)12/h3-7H,1-2H3/p+1. The average Bonchev–Trinajstić information content (AvgIpc) is 2.26. The van der Waals surface area contributed by atoms with Crippen molar-refractivity contribution in [3.05, 3.63) is 40.4 Å². The number of fused-ring (bicyclic) bond motifs is 1. The highest BCUT2D eigenvalue weighted by Crippen LogP contribution is 2.33. The highest BCUT2D eigenvalue weighted by molar-refractivity contribution is 7.95. The van der Waals surface area contributed by atoms with Crippen molar-refractivity contribution < 1.29 is 10.0 Å². The molecule has 0 aliphatic carbocycles. The maximum atomic E-state index is 10.9. The zero-order valence-corrected chi connectivity index (χ0v) is 10.3. The Balaban J connectivity index is 2.85. The minimum absolute atomic E-state index is 0.0170. The zero-order chi connectivity index (χ0) is 12.6. The van der Waals surface area contributed by atoms with Crippen LogP contribution in [0.5, 0.6) is 5.75 Å². The van der Waals surface area contributed by atoms with Crippen LogP contribution in [0.3, 0.4) is 0 Å². The number of phenolic OH excluding ortho intramolecular Hbond substituents is 1. The van der Waals surface area contributed by atoms with Crippen molar-refractivity contribution in [1.82, 2.24) is 0 Å². The predicted molar refractivity (Wildman–Crippen MR) is 69.7 cm³/mol. The number of non-ortho nitro benzene ring substituents is 1. The Morgan fingerprint density at radius 2 is 1.88 bits per heavy atom. The third-order valence-electron chi connectivity index (χ3n) is 2.57. The van der Waals surface area contributed by atoms with E-state index in [-0.39, 0.29) is 22.3 Å². The predicted octanol–water partition coefficient (Wildman–Crippen LogP) is 2.69. The number of aromatic hydroxyl groups is 1. The van der Waals surface area contributed by atoms with E-state index in [2.05, 4.69) is 0 Å². The minimum atomic E-state index is -0.396. The van der Waals surface area contributed by atoms with Crippen LogP contribution in [0.1, 0.15) is 0 Å². The van der Waals surface area contributed by atoms with Crippen LogP contribution in [0.4, 0.5) is 5.69 Å². The number of nitro groups is 1. The van der Waals surface area contributed by atoms with E-state index < -0.39 is 4.92 Å². The Kier molecular flexibility index (Phi) is 2.93. The smallest absolute Gasteiger partial charge is 0.277 e. The van der Waals surface area contributed by atoms with Crippen LogP contribution in [-0.4, -0.2) is 22.5 Å². The van der Waals surface area contributed by atoms with E-state index in [0.29, 0.717) is 5.39 Å². The fourth-order valence-electron chi connectivity index (χ4n) is 1.81. The van der Waals surface area contributed by atoms with Crippen LogP contribution in [0.2, 0.25) is 0 Å². The van der Waals surface area contributed by atoms with Crippen molar-refractivity contribution in [2.75, 3.05) is 12.5 Å². The lowest BCUT2D eigenvalue weighted by atomic mass is 10.1. The monoisotopic (exact) mass is 250 g/mol. The van der Waals surface area contributed by atoms with E-state index in [1.807, 2.05) is 12.5 Å². The Hall–Kier alpha value is -1.75. The lowest BCUT2D eigenvalue weighted by Gasteiger charge is -2.04. The molecule has 0 saturated carbocycles. The number of hydrogen-bond donors (Lipinski definition) is 1. The van der Waals surface area contributed by atoms with Gasteiger partial charge in [0.05, 0.1) is 10.3 Å². The van der Waals surface area contributed by atoms with Crippen molar-refractivity contribution in [2.45, 2.75) is 4.90 Å². The summed E-state index contributed by atoms with van der Waals surface area (Å²) < 4.78 is 0. The van der Waals surface area contributed by atoms with Gasteiger partial charge in [0, 0.05) is 28.4 Å². The molecular formula is C12H12NO3S+. The Morgan fingerprint density at radius 1 is 1.18 bits per heavy atom. The first kappa shape index (κ1) is 11.7. The number of rotatable bonds is 2. The summed E-state index contributed by atoms with van der Waals surface area (Å²) in [5.41, 5.74) is 0.0780. The molecule has 5 heteroatoms. The molecule has 17 heavy (non-hydrogen) atoms. The number of nitro benzene ring substituents is 1. The summed E-state index contributed by atoms with van der Waals surface area (Å²) in [6.07, 6.45) is 4.09. The van der Waals surface area contributed by atoms with Crippen LogP contribution in [0.15, 0.2) is 35.2 Å². The van der Waals surface area contributed by atoms with Gasteiger partial charge in [0.15, 0.2) is 4.90 Å². The summed E-state index contributed by atoms with van der Waals surface area (Å²) in [6.45, 7) is 0. The zero-order valence-electron chi connectivity index (χ0n) is 9.51. The largest absolute Gasteiger partial charge is 0.508 e. The van der Waals surface area contributed by atoms with Crippen LogP contribution in [-0.2, 0) is 10.9 Å². The summed E-state index contributed by atoms with van der Waals surface area (Å²) >= 11 is 0. The Labute approximate surface area is 101 Å². The first-order chi connectivity index (χ1) is 8.00. The van der Waals surface area contributed by atoms with Crippen LogP contribution < -0.4 is 0 Å². The van der Waals surface area contributed by atoms with Crippen molar-refractivity contribution in [3.63, 3.8) is 0 Å². The van der Waals surface area contributed by atoms with Gasteiger partial charge in [-0.05, 0) is 18.2 Å². The molecule has 0 fully saturated rings. The summed E-state index contributed by atoms with van der Waals surface area (Å²) in [5.74, 6) is 0.129. The molecule has 1 N–H and O–H groups in total. The molecule has 0 bridgehead atoms. The molecule has 0 saturated heterocycles. The highest BCUT2D eigenvalue weighted by atomic mass is 32.2. The third-order valence-corrected chi connectivity index (χ3v) is 3.81. The molecule has 2 aromatic rings. The molecule has 0 aromatic heterocycles. The molecule has 0 aliphatic rings. The summed E-state index contributed by atoms with van der Waals surface area (Å²) in [5, 5.41) is 21.8. The average molecular weight is 250 g/mol. The van der Waals surface area contributed by atoms with Crippen LogP contribution in [0.25, 0.3) is 10.8 Å².